The van der Waals surface area contributed by atoms with E-state index in [1.807, 2.05) is 0 Å². The van der Waals surface area contributed by atoms with Crippen molar-refractivity contribution >= 4 is 11.8 Å². The van der Waals surface area contributed by atoms with E-state index in [1.165, 1.54) is 24.3 Å². The maximum atomic E-state index is 12.8. The number of ether oxygens (including phenoxy) is 1. The number of cyclic esters (lactones) is 1. The van der Waals surface area contributed by atoms with Crippen molar-refractivity contribution in [3.8, 4) is 0 Å². The number of carbonyl (C=O) groups is 2. The van der Waals surface area contributed by atoms with Gasteiger partial charge in [-0.25, -0.2) is 4.39 Å². The molecule has 0 amide bonds. The van der Waals surface area contributed by atoms with Gasteiger partial charge >= 0.3 is 5.97 Å². The van der Waals surface area contributed by atoms with Crippen LogP contribution in [0, 0.1) is 5.82 Å². The van der Waals surface area contributed by atoms with Gasteiger partial charge in [0.2, 0.25) is 0 Å². The molecule has 0 spiro atoms. The highest BCUT2D eigenvalue weighted by Crippen LogP contribution is 2.23. The zero-order chi connectivity index (χ0) is 10.1. The standard InChI is InChI=1S/C10H7FO3/c11-7-3-1-2-6(4-7)9-8(12)5-14-10(9)13/h1-4,9H,5H2. The van der Waals surface area contributed by atoms with Crippen LogP contribution in [0.4, 0.5) is 4.39 Å². The first-order valence-corrected chi connectivity index (χ1v) is 4.13. The molecule has 0 N–H and O–H groups in total. The van der Waals surface area contributed by atoms with E-state index in [1.54, 1.807) is 0 Å². The average Bonchev–Trinajstić information content (AvgIpc) is 2.46. The number of hydrogen-bond acceptors (Lipinski definition) is 3. The second-order valence-electron chi connectivity index (χ2n) is 3.06. The molecule has 1 unspecified atom stereocenters. The molecule has 1 saturated heterocycles. The number of hydrogen-bond donors (Lipinski definition) is 0. The molecule has 0 bridgehead atoms. The first-order chi connectivity index (χ1) is 6.68. The van der Waals surface area contributed by atoms with Crippen LogP contribution in [0.3, 0.4) is 0 Å². The number of rotatable bonds is 1. The van der Waals surface area contributed by atoms with E-state index in [0.717, 1.165) is 0 Å². The van der Waals surface area contributed by atoms with E-state index < -0.39 is 17.7 Å². The van der Waals surface area contributed by atoms with E-state index >= 15 is 0 Å². The fourth-order valence-electron chi connectivity index (χ4n) is 1.45. The largest absolute Gasteiger partial charge is 0.457 e. The summed E-state index contributed by atoms with van der Waals surface area (Å²) in [6.45, 7) is -0.208. The smallest absolute Gasteiger partial charge is 0.321 e. The van der Waals surface area contributed by atoms with Gasteiger partial charge in [0, 0.05) is 0 Å². The summed E-state index contributed by atoms with van der Waals surface area (Å²) in [5, 5.41) is 0. The number of benzene rings is 1. The molecular formula is C10H7FO3. The van der Waals surface area contributed by atoms with Gasteiger partial charge in [0.15, 0.2) is 12.4 Å². The summed E-state index contributed by atoms with van der Waals surface area (Å²) in [6.07, 6.45) is 0. The number of esters is 1. The normalized spacial score (nSPS) is 21.1. The predicted octanol–water partition coefficient (Wildman–Crippen LogP) is 1.04. The summed E-state index contributed by atoms with van der Waals surface area (Å²) in [7, 11) is 0. The molecule has 3 nitrogen and oxygen atoms in total. The van der Waals surface area contributed by atoms with E-state index in [4.69, 9.17) is 0 Å². The fourth-order valence-corrected chi connectivity index (χ4v) is 1.45. The minimum absolute atomic E-state index is 0.208. The van der Waals surface area contributed by atoms with Crippen molar-refractivity contribution < 1.29 is 18.7 Å². The molecule has 1 heterocycles. The Morgan fingerprint density at radius 2 is 2.14 bits per heavy atom. The Kier molecular flexibility index (Phi) is 2.04. The molecule has 1 aromatic carbocycles. The molecule has 0 radical (unpaired) electrons. The Balaban J connectivity index is 2.39. The quantitative estimate of drug-likeness (QED) is 0.495. The molecule has 4 heteroatoms. The third-order valence-corrected chi connectivity index (χ3v) is 2.10. The third-order valence-electron chi connectivity index (χ3n) is 2.10. The number of ketones is 1. The van der Waals surface area contributed by atoms with Gasteiger partial charge in [-0.2, -0.15) is 0 Å². The first kappa shape index (κ1) is 8.87. The van der Waals surface area contributed by atoms with Gasteiger partial charge in [0.25, 0.3) is 0 Å². The van der Waals surface area contributed by atoms with Crippen LogP contribution >= 0.6 is 0 Å². The topological polar surface area (TPSA) is 43.4 Å². The first-order valence-electron chi connectivity index (χ1n) is 4.13. The van der Waals surface area contributed by atoms with Crippen molar-refractivity contribution in [1.82, 2.24) is 0 Å². The molecule has 0 aromatic heterocycles. The lowest BCUT2D eigenvalue weighted by molar-refractivity contribution is -0.139. The maximum absolute atomic E-state index is 12.8. The highest BCUT2D eigenvalue weighted by atomic mass is 19.1. The Bertz CT molecular complexity index is 384. The number of carbonyl (C=O) groups excluding carboxylic acids is 2. The van der Waals surface area contributed by atoms with E-state index in [2.05, 4.69) is 4.74 Å². The zero-order valence-electron chi connectivity index (χ0n) is 7.20. The molecule has 1 aromatic rings. The summed E-state index contributed by atoms with van der Waals surface area (Å²) < 4.78 is 17.4. The Hall–Kier alpha value is -1.71. The van der Waals surface area contributed by atoms with Crippen LogP contribution < -0.4 is 0 Å². The van der Waals surface area contributed by atoms with E-state index in [-0.39, 0.29) is 12.4 Å². The van der Waals surface area contributed by atoms with Gasteiger partial charge in [0.05, 0.1) is 0 Å². The van der Waals surface area contributed by atoms with Gasteiger partial charge in [-0.1, -0.05) is 12.1 Å². The summed E-state index contributed by atoms with van der Waals surface area (Å²) in [5.41, 5.74) is 0.359. The lowest BCUT2D eigenvalue weighted by Crippen LogP contribution is -2.13. The molecule has 1 atom stereocenters. The highest BCUT2D eigenvalue weighted by molar-refractivity contribution is 6.09. The van der Waals surface area contributed by atoms with Crippen molar-refractivity contribution in [1.29, 1.82) is 0 Å². The molecular weight excluding hydrogens is 187 g/mol. The minimum Gasteiger partial charge on any atom is -0.457 e. The molecule has 1 aliphatic heterocycles. The van der Waals surface area contributed by atoms with Crippen LogP contribution in [0.15, 0.2) is 24.3 Å². The molecule has 0 saturated carbocycles. The summed E-state index contributed by atoms with van der Waals surface area (Å²) in [4.78, 5) is 22.4. The third kappa shape index (κ3) is 1.39. The van der Waals surface area contributed by atoms with Gasteiger partial charge in [-0.3, -0.25) is 9.59 Å². The molecule has 1 fully saturated rings. The Labute approximate surface area is 79.5 Å². The molecule has 72 valence electrons. The van der Waals surface area contributed by atoms with Gasteiger partial charge < -0.3 is 4.74 Å². The molecule has 0 aliphatic carbocycles. The lowest BCUT2D eigenvalue weighted by Gasteiger charge is -2.03. The predicted molar refractivity (Wildman–Crippen MR) is 45.1 cm³/mol. The van der Waals surface area contributed by atoms with Gasteiger partial charge in [-0.05, 0) is 17.7 Å². The van der Waals surface area contributed by atoms with Crippen LogP contribution in [-0.2, 0) is 14.3 Å². The summed E-state index contributed by atoms with van der Waals surface area (Å²) in [5.74, 6) is -2.32. The van der Waals surface area contributed by atoms with E-state index in [0.29, 0.717) is 5.56 Å². The average molecular weight is 194 g/mol. The van der Waals surface area contributed by atoms with Crippen molar-refractivity contribution in [2.45, 2.75) is 5.92 Å². The van der Waals surface area contributed by atoms with Crippen molar-refractivity contribution in [2.24, 2.45) is 0 Å². The SMILES string of the molecule is O=C1COC(=O)C1c1cccc(F)c1. The number of Topliss-reactive ketones (excluding diaryl/α,β-unsaturated/α-hetero) is 1. The second-order valence-corrected chi connectivity index (χ2v) is 3.06. The van der Waals surface area contributed by atoms with Crippen molar-refractivity contribution in [2.75, 3.05) is 6.61 Å². The fraction of sp³-hybridized carbons (Fsp3) is 0.200. The number of halogens is 1. The summed E-state index contributed by atoms with van der Waals surface area (Å²) >= 11 is 0. The van der Waals surface area contributed by atoms with Crippen LogP contribution in [0.2, 0.25) is 0 Å². The van der Waals surface area contributed by atoms with Gasteiger partial charge in [-0.15, -0.1) is 0 Å². The van der Waals surface area contributed by atoms with Crippen LogP contribution in [0.5, 0.6) is 0 Å². The van der Waals surface area contributed by atoms with Crippen LogP contribution in [-0.4, -0.2) is 18.4 Å². The lowest BCUT2D eigenvalue weighted by atomic mass is 9.97. The van der Waals surface area contributed by atoms with Crippen molar-refractivity contribution in [3.63, 3.8) is 0 Å². The van der Waals surface area contributed by atoms with Crippen LogP contribution in [0.1, 0.15) is 11.5 Å². The van der Waals surface area contributed by atoms with Crippen molar-refractivity contribution in [3.05, 3.63) is 35.6 Å². The highest BCUT2D eigenvalue weighted by Gasteiger charge is 2.36. The molecule has 2 rings (SSSR count). The molecule has 1 aliphatic rings. The van der Waals surface area contributed by atoms with Gasteiger partial charge in [0.1, 0.15) is 11.7 Å². The molecule has 14 heavy (non-hydrogen) atoms. The second kappa shape index (κ2) is 3.21. The zero-order valence-corrected chi connectivity index (χ0v) is 7.20. The Morgan fingerprint density at radius 1 is 1.36 bits per heavy atom. The minimum atomic E-state index is -0.939. The van der Waals surface area contributed by atoms with Crippen LogP contribution in [0.25, 0.3) is 0 Å². The van der Waals surface area contributed by atoms with E-state index in [9.17, 15) is 14.0 Å². The summed E-state index contributed by atoms with van der Waals surface area (Å²) in [6, 6.07) is 5.44. The maximum Gasteiger partial charge on any atom is 0.321 e. The monoisotopic (exact) mass is 194 g/mol. The Morgan fingerprint density at radius 3 is 2.71 bits per heavy atom.